The van der Waals surface area contributed by atoms with E-state index in [9.17, 15) is 24.1 Å². The van der Waals surface area contributed by atoms with E-state index in [2.05, 4.69) is 10.4 Å². The lowest BCUT2D eigenvalue weighted by atomic mass is 9.94. The predicted octanol–water partition coefficient (Wildman–Crippen LogP) is 3.91. The second kappa shape index (κ2) is 8.27. The molecule has 1 amide bonds. The largest absolute Gasteiger partial charge is 0.342 e. The molecule has 0 saturated carbocycles. The van der Waals surface area contributed by atoms with Crippen LogP contribution in [0.5, 0.6) is 0 Å². The van der Waals surface area contributed by atoms with Crippen molar-refractivity contribution in [2.75, 3.05) is 0 Å². The van der Waals surface area contributed by atoms with Crippen molar-refractivity contribution in [3.05, 3.63) is 96.7 Å². The van der Waals surface area contributed by atoms with Gasteiger partial charge in [0, 0.05) is 22.8 Å². The summed E-state index contributed by atoms with van der Waals surface area (Å²) in [4.78, 5) is 36.2. The number of hydrogen-bond acceptors (Lipinski definition) is 5. The third-order valence-electron chi connectivity index (χ3n) is 4.66. The highest BCUT2D eigenvalue weighted by molar-refractivity contribution is 6.31. The van der Waals surface area contributed by atoms with E-state index < -0.39 is 33.3 Å². The third kappa shape index (κ3) is 4.46. The Bertz CT molecular complexity index is 1260. The number of rotatable bonds is 5. The van der Waals surface area contributed by atoms with Crippen molar-refractivity contribution >= 4 is 23.2 Å². The minimum atomic E-state index is -1.07. The van der Waals surface area contributed by atoms with Crippen LogP contribution >= 0.6 is 11.6 Å². The molecule has 160 valence electrons. The Morgan fingerprint density at radius 1 is 1.23 bits per heavy atom. The van der Waals surface area contributed by atoms with Gasteiger partial charge in [-0.15, -0.1) is 0 Å². The van der Waals surface area contributed by atoms with Crippen LogP contribution in [0.2, 0.25) is 5.02 Å². The average molecular weight is 445 g/mol. The molecule has 0 aliphatic rings. The first-order valence-electron chi connectivity index (χ1n) is 9.14. The normalized spacial score (nSPS) is 11.3. The number of nitrogens with zero attached hydrogens (tertiary/aromatic N) is 3. The van der Waals surface area contributed by atoms with Crippen molar-refractivity contribution in [3.63, 3.8) is 0 Å². The van der Waals surface area contributed by atoms with Gasteiger partial charge in [0.25, 0.3) is 11.6 Å². The van der Waals surface area contributed by atoms with E-state index in [0.29, 0.717) is 11.3 Å². The lowest BCUT2D eigenvalue weighted by Crippen LogP contribution is -2.43. The summed E-state index contributed by atoms with van der Waals surface area (Å²) in [6.07, 6.45) is 0. The van der Waals surface area contributed by atoms with Gasteiger partial charge in [-0.05, 0) is 44.5 Å². The summed E-state index contributed by atoms with van der Waals surface area (Å²) in [5.74, 6) is -1.33. The topological polar surface area (TPSA) is 107 Å². The van der Waals surface area contributed by atoms with Crippen LogP contribution in [0.15, 0.2) is 53.3 Å². The van der Waals surface area contributed by atoms with E-state index in [-0.39, 0.29) is 16.4 Å². The van der Waals surface area contributed by atoms with Crippen LogP contribution < -0.4 is 10.7 Å². The Morgan fingerprint density at radius 3 is 2.55 bits per heavy atom. The van der Waals surface area contributed by atoms with Gasteiger partial charge >= 0.3 is 0 Å². The molecule has 0 spiro atoms. The van der Waals surface area contributed by atoms with Crippen LogP contribution in [-0.4, -0.2) is 20.6 Å². The van der Waals surface area contributed by atoms with Crippen molar-refractivity contribution < 1.29 is 14.1 Å². The summed E-state index contributed by atoms with van der Waals surface area (Å²) in [5.41, 5.74) is -1.52. The van der Waals surface area contributed by atoms with Gasteiger partial charge in [0.2, 0.25) is 5.43 Å². The number of benzene rings is 2. The van der Waals surface area contributed by atoms with Gasteiger partial charge in [-0.2, -0.15) is 5.10 Å². The summed E-state index contributed by atoms with van der Waals surface area (Å²) >= 11 is 6.11. The SMILES string of the molecule is Cc1cc(=O)c(C(=O)NC(C)(C)c2ccc(F)cc2Cl)nn1-c1ccccc1[N+](=O)[O-]. The zero-order valence-electron chi connectivity index (χ0n) is 16.8. The molecular formula is C21H18ClFN4O4. The summed E-state index contributed by atoms with van der Waals surface area (Å²) in [7, 11) is 0. The molecule has 8 nitrogen and oxygen atoms in total. The van der Waals surface area contributed by atoms with Gasteiger partial charge in [0.1, 0.15) is 11.5 Å². The minimum Gasteiger partial charge on any atom is -0.342 e. The van der Waals surface area contributed by atoms with Crippen LogP contribution in [0.3, 0.4) is 0 Å². The molecule has 0 fully saturated rings. The van der Waals surface area contributed by atoms with Crippen molar-refractivity contribution in [3.8, 4) is 5.69 Å². The molecule has 1 aromatic heterocycles. The molecule has 10 heteroatoms. The maximum Gasteiger partial charge on any atom is 0.294 e. The first kappa shape index (κ1) is 22.1. The van der Waals surface area contributed by atoms with Crippen LogP contribution in [0.4, 0.5) is 10.1 Å². The number of carbonyl (C=O) groups is 1. The quantitative estimate of drug-likeness (QED) is 0.474. The highest BCUT2D eigenvalue weighted by atomic mass is 35.5. The van der Waals surface area contributed by atoms with Crippen molar-refractivity contribution in [1.82, 2.24) is 15.1 Å². The lowest BCUT2D eigenvalue weighted by molar-refractivity contribution is -0.384. The average Bonchev–Trinajstić information content (AvgIpc) is 2.67. The molecule has 0 atom stereocenters. The molecule has 1 N–H and O–H groups in total. The van der Waals surface area contributed by atoms with Crippen LogP contribution in [0.1, 0.15) is 35.6 Å². The van der Waals surface area contributed by atoms with Crippen LogP contribution in [-0.2, 0) is 5.54 Å². The zero-order chi connectivity index (χ0) is 22.9. The van der Waals surface area contributed by atoms with Crippen LogP contribution in [0.25, 0.3) is 5.69 Å². The molecule has 0 radical (unpaired) electrons. The molecule has 0 bridgehead atoms. The first-order chi connectivity index (χ1) is 14.5. The Labute approximate surface area is 181 Å². The molecule has 1 heterocycles. The van der Waals surface area contributed by atoms with Gasteiger partial charge in [-0.25, -0.2) is 9.07 Å². The zero-order valence-corrected chi connectivity index (χ0v) is 17.6. The molecule has 0 aliphatic heterocycles. The molecular weight excluding hydrogens is 427 g/mol. The number of aryl methyl sites for hydroxylation is 1. The Balaban J connectivity index is 2.04. The van der Waals surface area contributed by atoms with E-state index in [1.54, 1.807) is 26.8 Å². The molecule has 0 saturated heterocycles. The number of carbonyl (C=O) groups excluding carboxylic acids is 1. The molecule has 31 heavy (non-hydrogen) atoms. The Hall–Kier alpha value is -3.59. The number of nitro benzene ring substituents is 1. The lowest BCUT2D eigenvalue weighted by Gasteiger charge is -2.27. The fourth-order valence-electron chi connectivity index (χ4n) is 3.15. The molecule has 0 aliphatic carbocycles. The van der Waals surface area contributed by atoms with Gasteiger partial charge in [0.15, 0.2) is 5.69 Å². The molecule has 2 aromatic carbocycles. The number of nitro groups is 1. The Morgan fingerprint density at radius 2 is 1.90 bits per heavy atom. The standard InChI is InChI=1S/C21H18ClFN4O4/c1-12-10-18(28)19(25-26(12)16-6-4-5-7-17(16)27(30)31)20(29)24-21(2,3)14-9-8-13(23)11-15(14)22/h4-11H,1-3H3,(H,24,29). The van der Waals surface area contributed by atoms with E-state index >= 15 is 0 Å². The third-order valence-corrected chi connectivity index (χ3v) is 4.97. The fraction of sp³-hybridized carbons (Fsp3) is 0.190. The first-order valence-corrected chi connectivity index (χ1v) is 9.52. The number of nitrogens with one attached hydrogen (secondary N) is 1. The minimum absolute atomic E-state index is 0.111. The van der Waals surface area contributed by atoms with E-state index in [0.717, 1.165) is 6.07 Å². The van der Waals surface area contributed by atoms with Crippen molar-refractivity contribution in [2.45, 2.75) is 26.3 Å². The van der Waals surface area contributed by atoms with Crippen molar-refractivity contribution in [2.24, 2.45) is 0 Å². The second-order valence-corrected chi connectivity index (χ2v) is 7.77. The summed E-state index contributed by atoms with van der Waals surface area (Å²) < 4.78 is 14.5. The number of aromatic nitrogens is 2. The molecule has 3 aromatic rings. The number of halogens is 2. The molecule has 3 rings (SSSR count). The Kier molecular flexibility index (Phi) is 5.90. The molecule has 0 unspecified atom stereocenters. The van der Waals surface area contributed by atoms with E-state index in [1.165, 1.54) is 41.1 Å². The number of hydrogen-bond donors (Lipinski definition) is 1. The van der Waals surface area contributed by atoms with E-state index in [1.807, 2.05) is 0 Å². The summed E-state index contributed by atoms with van der Waals surface area (Å²) in [6, 6.07) is 10.8. The highest BCUT2D eigenvalue weighted by Crippen LogP contribution is 2.28. The summed E-state index contributed by atoms with van der Waals surface area (Å²) in [6.45, 7) is 4.83. The number of para-hydroxylation sites is 2. The monoisotopic (exact) mass is 444 g/mol. The van der Waals surface area contributed by atoms with Gasteiger partial charge in [-0.3, -0.25) is 19.7 Å². The van der Waals surface area contributed by atoms with Gasteiger partial charge in [-0.1, -0.05) is 29.8 Å². The maximum absolute atomic E-state index is 13.4. The smallest absolute Gasteiger partial charge is 0.294 e. The second-order valence-electron chi connectivity index (χ2n) is 7.36. The summed E-state index contributed by atoms with van der Waals surface area (Å²) in [5, 5.41) is 18.3. The van der Waals surface area contributed by atoms with Gasteiger partial charge in [0.05, 0.1) is 10.5 Å². The highest BCUT2D eigenvalue weighted by Gasteiger charge is 2.28. The van der Waals surface area contributed by atoms with Crippen molar-refractivity contribution in [1.29, 1.82) is 0 Å². The maximum atomic E-state index is 13.4. The predicted molar refractivity (Wildman–Crippen MR) is 113 cm³/mol. The van der Waals surface area contributed by atoms with Crippen LogP contribution in [0, 0.1) is 22.9 Å². The van der Waals surface area contributed by atoms with Gasteiger partial charge < -0.3 is 5.32 Å². The fourth-order valence-corrected chi connectivity index (χ4v) is 3.56. The van der Waals surface area contributed by atoms with E-state index in [4.69, 9.17) is 11.6 Å². The number of amides is 1.